The van der Waals surface area contributed by atoms with Crippen molar-refractivity contribution in [3.63, 3.8) is 0 Å². The van der Waals surface area contributed by atoms with Crippen molar-refractivity contribution in [1.82, 2.24) is 10.2 Å². The normalized spacial score (nSPS) is 13.3. The number of amides is 2. The third kappa shape index (κ3) is 5.17. The van der Waals surface area contributed by atoms with Crippen molar-refractivity contribution in [3.05, 3.63) is 35.9 Å². The highest BCUT2D eigenvalue weighted by atomic mass is 16.2. The lowest BCUT2D eigenvalue weighted by Crippen LogP contribution is -2.50. The molecule has 0 bridgehead atoms. The maximum Gasteiger partial charge on any atom is 0.243 e. The first kappa shape index (κ1) is 18.2. The van der Waals surface area contributed by atoms with Gasteiger partial charge in [0.05, 0.1) is 0 Å². The van der Waals surface area contributed by atoms with Crippen LogP contribution < -0.4 is 5.32 Å². The summed E-state index contributed by atoms with van der Waals surface area (Å²) in [6.07, 6.45) is 1.89. The van der Waals surface area contributed by atoms with Crippen LogP contribution in [0, 0.1) is 0 Å². The van der Waals surface area contributed by atoms with E-state index in [0.29, 0.717) is 19.4 Å². The molecule has 0 fully saturated rings. The zero-order valence-electron chi connectivity index (χ0n) is 14.1. The van der Waals surface area contributed by atoms with Gasteiger partial charge in [-0.3, -0.25) is 9.59 Å². The molecule has 0 saturated carbocycles. The summed E-state index contributed by atoms with van der Waals surface area (Å²) < 4.78 is 0. The molecule has 0 radical (unpaired) electrons. The van der Waals surface area contributed by atoms with E-state index in [1.54, 1.807) is 4.90 Å². The zero-order valence-corrected chi connectivity index (χ0v) is 14.1. The van der Waals surface area contributed by atoms with Crippen LogP contribution in [-0.2, 0) is 16.1 Å². The van der Waals surface area contributed by atoms with Crippen molar-refractivity contribution in [3.8, 4) is 0 Å². The Hall–Kier alpha value is -1.84. The molecule has 122 valence electrons. The second-order valence-electron chi connectivity index (χ2n) is 5.60. The fourth-order valence-corrected chi connectivity index (χ4v) is 2.34. The van der Waals surface area contributed by atoms with Gasteiger partial charge in [-0.2, -0.15) is 0 Å². The van der Waals surface area contributed by atoms with Crippen molar-refractivity contribution in [2.45, 2.75) is 65.6 Å². The molecule has 1 aromatic carbocycles. The molecular formula is C18H28N2O2. The molecule has 1 aromatic rings. The van der Waals surface area contributed by atoms with E-state index in [1.807, 2.05) is 58.0 Å². The highest BCUT2D eigenvalue weighted by molar-refractivity contribution is 5.87. The monoisotopic (exact) mass is 304 g/mol. The lowest BCUT2D eigenvalue weighted by Gasteiger charge is -2.31. The highest BCUT2D eigenvalue weighted by Gasteiger charge is 2.28. The summed E-state index contributed by atoms with van der Waals surface area (Å²) in [4.78, 5) is 26.5. The van der Waals surface area contributed by atoms with Gasteiger partial charge in [-0.15, -0.1) is 0 Å². The van der Waals surface area contributed by atoms with E-state index in [9.17, 15) is 9.59 Å². The molecule has 0 aliphatic carbocycles. The Morgan fingerprint density at radius 2 is 1.73 bits per heavy atom. The van der Waals surface area contributed by atoms with Crippen molar-refractivity contribution in [2.75, 3.05) is 0 Å². The van der Waals surface area contributed by atoms with Gasteiger partial charge in [0, 0.05) is 19.0 Å². The van der Waals surface area contributed by atoms with Gasteiger partial charge < -0.3 is 10.2 Å². The molecular weight excluding hydrogens is 276 g/mol. The third-order valence-corrected chi connectivity index (χ3v) is 3.89. The second kappa shape index (κ2) is 9.23. The van der Waals surface area contributed by atoms with Crippen LogP contribution in [0.4, 0.5) is 0 Å². The predicted octanol–water partition coefficient (Wildman–Crippen LogP) is 3.12. The maximum atomic E-state index is 12.5. The average Bonchev–Trinajstić information content (AvgIpc) is 2.54. The number of rotatable bonds is 8. The fraction of sp³-hybridized carbons (Fsp3) is 0.556. The van der Waals surface area contributed by atoms with Gasteiger partial charge in [0.15, 0.2) is 0 Å². The number of hydrogen-bond donors (Lipinski definition) is 1. The first-order valence-electron chi connectivity index (χ1n) is 8.17. The minimum Gasteiger partial charge on any atom is -0.352 e. The van der Waals surface area contributed by atoms with Gasteiger partial charge in [-0.1, -0.05) is 51.1 Å². The Labute approximate surface area is 133 Å². The first-order chi connectivity index (χ1) is 10.5. The molecule has 4 nitrogen and oxygen atoms in total. The molecule has 22 heavy (non-hydrogen) atoms. The van der Waals surface area contributed by atoms with Crippen LogP contribution >= 0.6 is 0 Å². The summed E-state index contributed by atoms with van der Waals surface area (Å²) in [5.41, 5.74) is 1.04. The van der Waals surface area contributed by atoms with Crippen molar-refractivity contribution in [1.29, 1.82) is 0 Å². The molecule has 2 amide bonds. The average molecular weight is 304 g/mol. The van der Waals surface area contributed by atoms with Crippen LogP contribution in [0.2, 0.25) is 0 Å². The quantitative estimate of drug-likeness (QED) is 0.802. The number of hydrogen-bond acceptors (Lipinski definition) is 2. The summed E-state index contributed by atoms with van der Waals surface area (Å²) >= 11 is 0. The van der Waals surface area contributed by atoms with Crippen molar-refractivity contribution in [2.24, 2.45) is 0 Å². The second-order valence-corrected chi connectivity index (χ2v) is 5.60. The minimum absolute atomic E-state index is 0.00926. The Balaban J connectivity index is 2.92. The molecule has 2 atom stereocenters. The summed E-state index contributed by atoms with van der Waals surface area (Å²) in [7, 11) is 0. The molecule has 0 aliphatic rings. The summed E-state index contributed by atoms with van der Waals surface area (Å²) in [5.74, 6) is -0.0513. The topological polar surface area (TPSA) is 49.4 Å². The van der Waals surface area contributed by atoms with Crippen LogP contribution in [-0.4, -0.2) is 28.8 Å². The lowest BCUT2D eigenvalue weighted by molar-refractivity contribution is -0.141. The van der Waals surface area contributed by atoms with Gasteiger partial charge in [-0.25, -0.2) is 0 Å². The Bertz CT molecular complexity index is 473. The van der Waals surface area contributed by atoms with Gasteiger partial charge in [-0.05, 0) is 25.3 Å². The van der Waals surface area contributed by atoms with Crippen LogP contribution in [0.1, 0.15) is 52.5 Å². The van der Waals surface area contributed by atoms with E-state index in [2.05, 4.69) is 5.32 Å². The standard InChI is InChI=1S/C18H28N2O2/c1-5-14(4)19-18(22)16(6-2)20(17(21)7-3)13-15-11-9-8-10-12-15/h8-12,14,16H,5-7,13H2,1-4H3,(H,19,22)/t14-,16-/m0/s1. The number of carbonyl (C=O) groups is 2. The molecule has 0 spiro atoms. The van der Waals surface area contributed by atoms with E-state index in [0.717, 1.165) is 12.0 Å². The van der Waals surface area contributed by atoms with Crippen LogP contribution in [0.5, 0.6) is 0 Å². The van der Waals surface area contributed by atoms with E-state index in [4.69, 9.17) is 0 Å². The number of nitrogens with one attached hydrogen (secondary N) is 1. The predicted molar refractivity (Wildman–Crippen MR) is 89.3 cm³/mol. The Morgan fingerprint density at radius 1 is 1.09 bits per heavy atom. The molecule has 0 saturated heterocycles. The zero-order chi connectivity index (χ0) is 16.5. The summed E-state index contributed by atoms with van der Waals surface area (Å²) in [6.45, 7) is 8.26. The largest absolute Gasteiger partial charge is 0.352 e. The van der Waals surface area contributed by atoms with Crippen LogP contribution in [0.25, 0.3) is 0 Å². The highest BCUT2D eigenvalue weighted by Crippen LogP contribution is 2.13. The number of benzene rings is 1. The first-order valence-corrected chi connectivity index (χ1v) is 8.17. The smallest absolute Gasteiger partial charge is 0.243 e. The summed E-state index contributed by atoms with van der Waals surface area (Å²) in [5, 5.41) is 2.99. The van der Waals surface area contributed by atoms with Gasteiger partial charge in [0.25, 0.3) is 0 Å². The van der Waals surface area contributed by atoms with E-state index < -0.39 is 6.04 Å². The molecule has 1 N–H and O–H groups in total. The van der Waals surface area contributed by atoms with Gasteiger partial charge in [0.1, 0.15) is 6.04 Å². The molecule has 0 unspecified atom stereocenters. The molecule has 4 heteroatoms. The molecule has 0 aliphatic heterocycles. The van der Waals surface area contributed by atoms with E-state index in [1.165, 1.54) is 0 Å². The number of carbonyl (C=O) groups excluding carboxylic acids is 2. The summed E-state index contributed by atoms with van der Waals surface area (Å²) in [6, 6.07) is 9.51. The third-order valence-electron chi connectivity index (χ3n) is 3.89. The van der Waals surface area contributed by atoms with E-state index >= 15 is 0 Å². The van der Waals surface area contributed by atoms with Crippen LogP contribution in [0.3, 0.4) is 0 Å². The van der Waals surface area contributed by atoms with E-state index in [-0.39, 0.29) is 17.9 Å². The van der Waals surface area contributed by atoms with Gasteiger partial charge >= 0.3 is 0 Å². The Kier molecular flexibility index (Phi) is 7.64. The molecule has 0 aromatic heterocycles. The maximum absolute atomic E-state index is 12.5. The minimum atomic E-state index is -0.415. The molecule has 1 rings (SSSR count). The molecule has 0 heterocycles. The fourth-order valence-electron chi connectivity index (χ4n) is 2.34. The lowest BCUT2D eigenvalue weighted by atomic mass is 10.1. The Morgan fingerprint density at radius 3 is 2.23 bits per heavy atom. The van der Waals surface area contributed by atoms with Crippen molar-refractivity contribution >= 4 is 11.8 Å². The van der Waals surface area contributed by atoms with Gasteiger partial charge in [0.2, 0.25) is 11.8 Å². The number of nitrogens with zero attached hydrogens (tertiary/aromatic N) is 1. The van der Waals surface area contributed by atoms with Crippen molar-refractivity contribution < 1.29 is 9.59 Å². The SMILES string of the molecule is CCC(=O)N(Cc1ccccc1)[C@@H](CC)C(=O)N[C@@H](C)CC. The van der Waals surface area contributed by atoms with Crippen LogP contribution in [0.15, 0.2) is 30.3 Å².